The van der Waals surface area contributed by atoms with Crippen molar-refractivity contribution in [2.24, 2.45) is 0 Å². The van der Waals surface area contributed by atoms with Gasteiger partial charge in [0.05, 0.1) is 16.2 Å². The molecule has 0 radical (unpaired) electrons. The van der Waals surface area contributed by atoms with Crippen LogP contribution in [0, 0.1) is 13.8 Å². The van der Waals surface area contributed by atoms with Crippen LogP contribution in [0.5, 0.6) is 0 Å². The van der Waals surface area contributed by atoms with Gasteiger partial charge in [0.2, 0.25) is 5.91 Å². The summed E-state index contributed by atoms with van der Waals surface area (Å²) in [4.78, 5) is 38.2. The lowest BCUT2D eigenvalue weighted by Gasteiger charge is -2.15. The average molecular weight is 427 g/mol. The van der Waals surface area contributed by atoms with E-state index >= 15 is 0 Å². The van der Waals surface area contributed by atoms with Crippen LogP contribution in [0.25, 0.3) is 6.08 Å². The number of amides is 2. The van der Waals surface area contributed by atoms with Crippen molar-refractivity contribution >= 4 is 57.8 Å². The molecule has 148 valence electrons. The average Bonchev–Trinajstić information content (AvgIpc) is 2.89. The first-order valence-corrected chi connectivity index (χ1v) is 9.93. The minimum Gasteiger partial charge on any atom is -0.478 e. The number of nitrogens with one attached hydrogen (secondary N) is 1. The van der Waals surface area contributed by atoms with Gasteiger partial charge in [-0.25, -0.2) is 4.79 Å². The second-order valence-corrected chi connectivity index (χ2v) is 8.26. The zero-order valence-electron chi connectivity index (χ0n) is 15.8. The van der Waals surface area contributed by atoms with E-state index in [1.807, 2.05) is 31.2 Å². The number of hydrogen-bond donors (Lipinski definition) is 2. The van der Waals surface area contributed by atoms with E-state index in [-0.39, 0.29) is 28.0 Å². The highest BCUT2D eigenvalue weighted by atomic mass is 32.2. The molecule has 1 aliphatic rings. The molecule has 2 N–H and O–H groups in total. The highest BCUT2D eigenvalue weighted by molar-refractivity contribution is 8.26. The fraction of sp³-hybridized carbons (Fsp3) is 0.143. The van der Waals surface area contributed by atoms with Crippen LogP contribution in [0.2, 0.25) is 0 Å². The molecule has 29 heavy (non-hydrogen) atoms. The molecule has 1 aliphatic heterocycles. The standard InChI is InChI=1S/C21H18N2O4S2/c1-12-4-3-5-14(8-12)10-17-19(25)23(21(28)29-17)11-18(24)22-16-9-13(2)6-7-15(16)20(26)27/h3-10H,11H2,1-2H3,(H,22,24)(H,26,27)/b17-10-. The summed E-state index contributed by atoms with van der Waals surface area (Å²) in [6.45, 7) is 3.46. The van der Waals surface area contributed by atoms with Crippen LogP contribution < -0.4 is 5.32 Å². The minimum atomic E-state index is -1.15. The number of hydrogen-bond acceptors (Lipinski definition) is 5. The Morgan fingerprint density at radius 2 is 1.90 bits per heavy atom. The van der Waals surface area contributed by atoms with E-state index in [9.17, 15) is 19.5 Å². The Hall–Kier alpha value is -2.97. The first kappa shape index (κ1) is 20.8. The molecular weight excluding hydrogens is 408 g/mol. The molecule has 3 rings (SSSR count). The van der Waals surface area contributed by atoms with Gasteiger partial charge in [-0.1, -0.05) is 59.9 Å². The molecule has 2 amide bonds. The highest BCUT2D eigenvalue weighted by Gasteiger charge is 2.33. The largest absolute Gasteiger partial charge is 0.478 e. The first-order valence-electron chi connectivity index (χ1n) is 8.70. The van der Waals surface area contributed by atoms with Crippen LogP contribution in [0.15, 0.2) is 47.4 Å². The zero-order valence-corrected chi connectivity index (χ0v) is 17.4. The zero-order chi connectivity index (χ0) is 21.1. The van der Waals surface area contributed by atoms with Crippen LogP contribution in [0.3, 0.4) is 0 Å². The number of thioether (sulfide) groups is 1. The first-order chi connectivity index (χ1) is 13.7. The number of anilines is 1. The van der Waals surface area contributed by atoms with Crippen molar-refractivity contribution in [3.05, 3.63) is 69.6 Å². The summed E-state index contributed by atoms with van der Waals surface area (Å²) in [5.41, 5.74) is 2.91. The number of benzene rings is 2. The number of carboxylic acid groups (broad SMARTS) is 1. The van der Waals surface area contributed by atoms with Gasteiger partial charge in [-0.2, -0.15) is 0 Å². The monoisotopic (exact) mass is 426 g/mol. The third-order valence-corrected chi connectivity index (χ3v) is 5.57. The Kier molecular flexibility index (Phi) is 6.14. The maximum atomic E-state index is 12.7. The van der Waals surface area contributed by atoms with Crippen molar-refractivity contribution < 1.29 is 19.5 Å². The van der Waals surface area contributed by atoms with Crippen molar-refractivity contribution in [2.75, 3.05) is 11.9 Å². The second-order valence-electron chi connectivity index (χ2n) is 6.58. The predicted octanol–water partition coefficient (Wildman–Crippen LogP) is 3.84. The van der Waals surface area contributed by atoms with Gasteiger partial charge in [0.1, 0.15) is 10.9 Å². The minimum absolute atomic E-state index is 0.0197. The molecule has 1 fully saturated rings. The summed E-state index contributed by atoms with van der Waals surface area (Å²) in [6.07, 6.45) is 1.74. The number of carbonyl (C=O) groups excluding carboxylic acids is 2. The van der Waals surface area contributed by atoms with Crippen molar-refractivity contribution in [2.45, 2.75) is 13.8 Å². The molecule has 6 nitrogen and oxygen atoms in total. The number of nitrogens with zero attached hydrogens (tertiary/aromatic N) is 1. The molecule has 0 unspecified atom stereocenters. The van der Waals surface area contributed by atoms with Gasteiger partial charge >= 0.3 is 5.97 Å². The summed E-state index contributed by atoms with van der Waals surface area (Å²) in [5, 5.41) is 11.9. The third kappa shape index (κ3) is 4.90. The summed E-state index contributed by atoms with van der Waals surface area (Å²) in [6, 6.07) is 12.3. The Balaban J connectivity index is 1.74. The molecule has 8 heteroatoms. The molecule has 0 atom stereocenters. The van der Waals surface area contributed by atoms with Crippen LogP contribution in [-0.4, -0.2) is 38.7 Å². The number of carboxylic acids is 1. The van der Waals surface area contributed by atoms with Gasteiger partial charge in [-0.05, 0) is 43.2 Å². The molecule has 0 aliphatic carbocycles. The van der Waals surface area contributed by atoms with Crippen molar-refractivity contribution in [3.63, 3.8) is 0 Å². The van der Waals surface area contributed by atoms with Gasteiger partial charge in [-0.3, -0.25) is 14.5 Å². The smallest absolute Gasteiger partial charge is 0.337 e. The molecule has 0 aromatic heterocycles. The van der Waals surface area contributed by atoms with Crippen LogP contribution in [0.1, 0.15) is 27.0 Å². The summed E-state index contributed by atoms with van der Waals surface area (Å²) < 4.78 is 0.284. The lowest BCUT2D eigenvalue weighted by molar-refractivity contribution is -0.126. The second kappa shape index (κ2) is 8.59. The number of aryl methyl sites for hydroxylation is 2. The molecule has 2 aromatic rings. The summed E-state index contributed by atoms with van der Waals surface area (Å²) in [5.74, 6) is -2.02. The fourth-order valence-corrected chi connectivity index (χ4v) is 4.08. The Bertz CT molecular complexity index is 1060. The summed E-state index contributed by atoms with van der Waals surface area (Å²) in [7, 11) is 0. The Morgan fingerprint density at radius 1 is 1.17 bits per heavy atom. The van der Waals surface area contributed by atoms with Crippen molar-refractivity contribution in [1.29, 1.82) is 0 Å². The van der Waals surface area contributed by atoms with Gasteiger partial charge in [-0.15, -0.1) is 0 Å². The topological polar surface area (TPSA) is 86.7 Å². The van der Waals surface area contributed by atoms with Gasteiger partial charge in [0.25, 0.3) is 5.91 Å². The lowest BCUT2D eigenvalue weighted by Crippen LogP contribution is -2.36. The molecule has 0 spiro atoms. The van der Waals surface area contributed by atoms with Crippen LogP contribution in [-0.2, 0) is 9.59 Å². The van der Waals surface area contributed by atoms with Crippen LogP contribution >= 0.6 is 24.0 Å². The van der Waals surface area contributed by atoms with Gasteiger partial charge in [0, 0.05) is 0 Å². The van der Waals surface area contributed by atoms with Gasteiger partial charge < -0.3 is 10.4 Å². The van der Waals surface area contributed by atoms with Crippen LogP contribution in [0.4, 0.5) is 5.69 Å². The Morgan fingerprint density at radius 3 is 2.59 bits per heavy atom. The van der Waals surface area contributed by atoms with E-state index in [0.29, 0.717) is 4.91 Å². The van der Waals surface area contributed by atoms with Crippen molar-refractivity contribution in [3.8, 4) is 0 Å². The molecule has 2 aromatic carbocycles. The van der Waals surface area contributed by atoms with E-state index in [0.717, 1.165) is 28.5 Å². The van der Waals surface area contributed by atoms with Crippen molar-refractivity contribution in [1.82, 2.24) is 4.90 Å². The lowest BCUT2D eigenvalue weighted by atomic mass is 10.1. The van der Waals surface area contributed by atoms with E-state index in [2.05, 4.69) is 5.32 Å². The van der Waals surface area contributed by atoms with E-state index in [1.165, 1.54) is 11.0 Å². The summed E-state index contributed by atoms with van der Waals surface area (Å²) >= 11 is 6.40. The maximum absolute atomic E-state index is 12.7. The van der Waals surface area contributed by atoms with E-state index in [1.54, 1.807) is 25.1 Å². The molecule has 1 heterocycles. The number of rotatable bonds is 5. The fourth-order valence-electron chi connectivity index (χ4n) is 2.83. The molecule has 1 saturated heterocycles. The maximum Gasteiger partial charge on any atom is 0.337 e. The number of carbonyl (C=O) groups is 3. The van der Waals surface area contributed by atoms with E-state index in [4.69, 9.17) is 12.2 Å². The number of aromatic carboxylic acids is 1. The number of thiocarbonyl (C=S) groups is 1. The quantitative estimate of drug-likeness (QED) is 0.558. The molecular formula is C21H18N2O4S2. The third-order valence-electron chi connectivity index (χ3n) is 4.19. The normalized spacial score (nSPS) is 15.1. The molecule has 0 bridgehead atoms. The predicted molar refractivity (Wildman–Crippen MR) is 118 cm³/mol. The highest BCUT2D eigenvalue weighted by Crippen LogP contribution is 2.32. The van der Waals surface area contributed by atoms with E-state index < -0.39 is 11.9 Å². The molecule has 0 saturated carbocycles. The Labute approximate surface area is 177 Å². The SMILES string of the molecule is Cc1cccc(/C=C2\SC(=S)N(CC(=O)Nc3cc(C)ccc3C(=O)O)C2=O)c1. The van der Waals surface area contributed by atoms with Gasteiger partial charge in [0.15, 0.2) is 0 Å².